The highest BCUT2D eigenvalue weighted by Crippen LogP contribution is 2.24. The molecule has 0 atom stereocenters. The molecule has 126 valence electrons. The SMILES string of the molecule is O=C(C=Cc1ccccc1)N1CCC(CSCc2ccco2)CC1. The van der Waals surface area contributed by atoms with E-state index in [1.165, 1.54) is 0 Å². The minimum absolute atomic E-state index is 0.126. The third-order valence-corrected chi connectivity index (χ3v) is 5.52. The van der Waals surface area contributed by atoms with E-state index in [1.807, 2.05) is 65.2 Å². The molecule has 1 amide bonds. The molecule has 1 saturated heterocycles. The summed E-state index contributed by atoms with van der Waals surface area (Å²) in [4.78, 5) is 14.2. The number of nitrogens with zero attached hydrogens (tertiary/aromatic N) is 1. The molecule has 1 fully saturated rings. The first-order valence-electron chi connectivity index (χ1n) is 8.43. The van der Waals surface area contributed by atoms with Crippen LogP contribution in [0.3, 0.4) is 0 Å². The highest BCUT2D eigenvalue weighted by molar-refractivity contribution is 7.98. The van der Waals surface area contributed by atoms with E-state index in [-0.39, 0.29) is 5.91 Å². The van der Waals surface area contributed by atoms with Crippen molar-refractivity contribution in [2.24, 2.45) is 5.92 Å². The zero-order valence-electron chi connectivity index (χ0n) is 13.8. The van der Waals surface area contributed by atoms with Gasteiger partial charge in [-0.3, -0.25) is 4.79 Å². The first-order chi connectivity index (χ1) is 11.8. The number of thioether (sulfide) groups is 1. The summed E-state index contributed by atoms with van der Waals surface area (Å²) in [5, 5.41) is 0. The molecule has 4 heteroatoms. The first kappa shape index (κ1) is 16.9. The monoisotopic (exact) mass is 341 g/mol. The topological polar surface area (TPSA) is 33.5 Å². The molecule has 0 radical (unpaired) electrons. The van der Waals surface area contributed by atoms with Crippen molar-refractivity contribution < 1.29 is 9.21 Å². The Hall–Kier alpha value is -1.94. The van der Waals surface area contributed by atoms with Gasteiger partial charge in [-0.1, -0.05) is 30.3 Å². The van der Waals surface area contributed by atoms with Crippen molar-refractivity contribution in [3.63, 3.8) is 0 Å². The summed E-state index contributed by atoms with van der Waals surface area (Å²) in [6.07, 6.45) is 7.50. The predicted octanol–water partition coefficient (Wildman–Crippen LogP) is 4.46. The van der Waals surface area contributed by atoms with Gasteiger partial charge < -0.3 is 9.32 Å². The molecule has 1 aromatic carbocycles. The van der Waals surface area contributed by atoms with E-state index in [0.29, 0.717) is 5.92 Å². The molecule has 0 spiro atoms. The number of likely N-dealkylation sites (tertiary alicyclic amines) is 1. The Morgan fingerprint density at radius 3 is 2.67 bits per heavy atom. The van der Waals surface area contributed by atoms with Gasteiger partial charge in [0.15, 0.2) is 0 Å². The number of furan rings is 1. The molecular formula is C20H23NO2S. The van der Waals surface area contributed by atoms with Crippen molar-refractivity contribution in [1.82, 2.24) is 4.90 Å². The Balaban J connectivity index is 1.38. The van der Waals surface area contributed by atoms with E-state index in [1.54, 1.807) is 12.3 Å². The van der Waals surface area contributed by atoms with Crippen LogP contribution < -0.4 is 0 Å². The first-order valence-corrected chi connectivity index (χ1v) is 9.59. The Kier molecular flexibility index (Phi) is 6.19. The molecule has 0 unspecified atom stereocenters. The smallest absolute Gasteiger partial charge is 0.246 e. The number of hydrogen-bond donors (Lipinski definition) is 0. The maximum atomic E-state index is 12.3. The van der Waals surface area contributed by atoms with Crippen molar-refractivity contribution in [2.45, 2.75) is 18.6 Å². The summed E-state index contributed by atoms with van der Waals surface area (Å²) in [7, 11) is 0. The zero-order valence-corrected chi connectivity index (χ0v) is 14.6. The second-order valence-corrected chi connectivity index (χ2v) is 7.14. The summed E-state index contributed by atoms with van der Waals surface area (Å²) < 4.78 is 5.35. The number of hydrogen-bond acceptors (Lipinski definition) is 3. The normalized spacial score (nSPS) is 15.9. The van der Waals surface area contributed by atoms with Crippen LogP contribution in [-0.2, 0) is 10.5 Å². The van der Waals surface area contributed by atoms with Gasteiger partial charge in [-0.15, -0.1) is 0 Å². The predicted molar refractivity (Wildman–Crippen MR) is 99.7 cm³/mol. The van der Waals surface area contributed by atoms with Crippen LogP contribution in [0.4, 0.5) is 0 Å². The molecule has 0 N–H and O–H groups in total. The Morgan fingerprint density at radius 1 is 1.17 bits per heavy atom. The van der Waals surface area contributed by atoms with Crippen molar-refractivity contribution >= 4 is 23.7 Å². The van der Waals surface area contributed by atoms with Crippen LogP contribution >= 0.6 is 11.8 Å². The van der Waals surface area contributed by atoms with E-state index in [2.05, 4.69) is 0 Å². The number of carbonyl (C=O) groups excluding carboxylic acids is 1. The van der Waals surface area contributed by atoms with E-state index >= 15 is 0 Å². The van der Waals surface area contributed by atoms with Crippen molar-refractivity contribution in [1.29, 1.82) is 0 Å². The average molecular weight is 341 g/mol. The summed E-state index contributed by atoms with van der Waals surface area (Å²) >= 11 is 1.92. The van der Waals surface area contributed by atoms with Gasteiger partial charge >= 0.3 is 0 Å². The van der Waals surface area contributed by atoms with Crippen LogP contribution in [0.2, 0.25) is 0 Å². The van der Waals surface area contributed by atoms with Gasteiger partial charge in [0.05, 0.1) is 12.0 Å². The molecular weight excluding hydrogens is 318 g/mol. The minimum Gasteiger partial charge on any atom is -0.468 e. The number of carbonyl (C=O) groups is 1. The summed E-state index contributed by atoms with van der Waals surface area (Å²) in [6, 6.07) is 13.9. The van der Waals surface area contributed by atoms with E-state index < -0.39 is 0 Å². The molecule has 0 saturated carbocycles. The lowest BCUT2D eigenvalue weighted by molar-refractivity contribution is -0.127. The lowest BCUT2D eigenvalue weighted by atomic mass is 9.99. The van der Waals surface area contributed by atoms with Crippen molar-refractivity contribution in [3.8, 4) is 0 Å². The molecule has 0 bridgehead atoms. The van der Waals surface area contributed by atoms with Gasteiger partial charge in [-0.25, -0.2) is 0 Å². The lowest BCUT2D eigenvalue weighted by Crippen LogP contribution is -2.38. The second kappa shape index (κ2) is 8.78. The Labute approximate surface area is 147 Å². The fourth-order valence-electron chi connectivity index (χ4n) is 2.88. The fourth-order valence-corrected chi connectivity index (χ4v) is 4.03. The summed E-state index contributed by atoms with van der Waals surface area (Å²) in [6.45, 7) is 1.73. The number of piperidine rings is 1. The molecule has 1 aliphatic heterocycles. The largest absolute Gasteiger partial charge is 0.468 e. The quantitative estimate of drug-likeness (QED) is 0.727. The van der Waals surface area contributed by atoms with Gasteiger partial charge in [0.25, 0.3) is 0 Å². The third kappa shape index (κ3) is 5.03. The van der Waals surface area contributed by atoms with E-state index in [9.17, 15) is 4.79 Å². The van der Waals surface area contributed by atoms with Crippen LogP contribution in [0.1, 0.15) is 24.2 Å². The number of benzene rings is 1. The molecule has 0 aliphatic carbocycles. The summed E-state index contributed by atoms with van der Waals surface area (Å²) in [5.41, 5.74) is 1.06. The Bertz CT molecular complexity index is 644. The zero-order chi connectivity index (χ0) is 16.6. The molecule has 1 aromatic heterocycles. The van der Waals surface area contributed by atoms with Gasteiger partial charge in [-0.2, -0.15) is 11.8 Å². The van der Waals surface area contributed by atoms with Gasteiger partial charge in [0, 0.05) is 19.2 Å². The van der Waals surface area contributed by atoms with Crippen LogP contribution in [0.15, 0.2) is 59.2 Å². The van der Waals surface area contributed by atoms with Crippen molar-refractivity contribution in [2.75, 3.05) is 18.8 Å². The van der Waals surface area contributed by atoms with Crippen LogP contribution in [0.25, 0.3) is 6.08 Å². The van der Waals surface area contributed by atoms with Crippen LogP contribution in [0, 0.1) is 5.92 Å². The average Bonchev–Trinajstić information content (AvgIpc) is 3.15. The highest BCUT2D eigenvalue weighted by atomic mass is 32.2. The van der Waals surface area contributed by atoms with Gasteiger partial charge in [-0.05, 0) is 48.3 Å². The fraction of sp³-hybridized carbons (Fsp3) is 0.350. The minimum atomic E-state index is 0.126. The number of rotatable bonds is 6. The highest BCUT2D eigenvalue weighted by Gasteiger charge is 2.21. The van der Waals surface area contributed by atoms with E-state index in [0.717, 1.165) is 48.8 Å². The maximum Gasteiger partial charge on any atom is 0.246 e. The molecule has 3 nitrogen and oxygen atoms in total. The van der Waals surface area contributed by atoms with E-state index in [4.69, 9.17) is 4.42 Å². The molecule has 24 heavy (non-hydrogen) atoms. The third-order valence-electron chi connectivity index (χ3n) is 4.32. The molecule has 1 aliphatic rings. The van der Waals surface area contributed by atoms with Crippen LogP contribution in [0.5, 0.6) is 0 Å². The van der Waals surface area contributed by atoms with Gasteiger partial charge in [0.2, 0.25) is 5.91 Å². The van der Waals surface area contributed by atoms with Gasteiger partial charge in [0.1, 0.15) is 5.76 Å². The molecule has 2 heterocycles. The number of amides is 1. The second-order valence-electron chi connectivity index (χ2n) is 6.11. The Morgan fingerprint density at radius 2 is 1.96 bits per heavy atom. The standard InChI is InChI=1S/C20H23NO2S/c22-20(9-8-17-5-2-1-3-6-17)21-12-10-18(11-13-21)15-24-16-19-7-4-14-23-19/h1-9,14,18H,10-13,15-16H2. The molecule has 3 rings (SSSR count). The van der Waals surface area contributed by atoms with Crippen LogP contribution in [-0.4, -0.2) is 29.6 Å². The summed E-state index contributed by atoms with van der Waals surface area (Å²) in [5.74, 6) is 3.94. The maximum absolute atomic E-state index is 12.3. The van der Waals surface area contributed by atoms with Crippen molar-refractivity contribution in [3.05, 3.63) is 66.1 Å². The lowest BCUT2D eigenvalue weighted by Gasteiger charge is -2.31. The molecule has 2 aromatic rings.